The number of aryl methyl sites for hydroxylation is 1. The van der Waals surface area contributed by atoms with Gasteiger partial charge in [-0.1, -0.05) is 0 Å². The highest BCUT2D eigenvalue weighted by atomic mass is 32.1. The normalized spacial score (nSPS) is 10.5. The van der Waals surface area contributed by atoms with E-state index >= 15 is 0 Å². The average molecular weight is 385 g/mol. The van der Waals surface area contributed by atoms with E-state index in [1.54, 1.807) is 31.2 Å². The largest absolute Gasteiger partial charge is 0.486 e. The Morgan fingerprint density at radius 1 is 1.04 bits per heavy atom. The minimum absolute atomic E-state index is 0.0584. The van der Waals surface area contributed by atoms with Crippen LogP contribution in [0.25, 0.3) is 0 Å². The van der Waals surface area contributed by atoms with Gasteiger partial charge in [0.2, 0.25) is 0 Å². The van der Waals surface area contributed by atoms with Gasteiger partial charge < -0.3 is 9.47 Å². The van der Waals surface area contributed by atoms with Gasteiger partial charge in [0, 0.05) is 5.56 Å². The zero-order valence-corrected chi connectivity index (χ0v) is 15.5. The lowest BCUT2D eigenvalue weighted by molar-refractivity contribution is 0.0739. The maximum Gasteiger partial charge on any atom is 0.355 e. The number of carbonyl (C=O) groups is 2. The van der Waals surface area contributed by atoms with Gasteiger partial charge in [0.05, 0.1) is 5.69 Å². The highest BCUT2D eigenvalue weighted by molar-refractivity contribution is 7.13. The topological polar surface area (TPSA) is 65.5 Å². The van der Waals surface area contributed by atoms with Crippen molar-refractivity contribution in [2.75, 3.05) is 0 Å². The van der Waals surface area contributed by atoms with E-state index in [4.69, 9.17) is 9.47 Å². The fraction of sp³-hybridized carbons (Fsp3) is 0.150. The van der Waals surface area contributed by atoms with E-state index in [1.807, 2.05) is 0 Å². The number of hydrogen-bond acceptors (Lipinski definition) is 6. The van der Waals surface area contributed by atoms with Gasteiger partial charge in [-0.25, -0.2) is 14.2 Å². The minimum atomic E-state index is -0.520. The second-order valence-corrected chi connectivity index (χ2v) is 6.82. The van der Waals surface area contributed by atoms with E-state index in [1.165, 1.54) is 42.5 Å². The van der Waals surface area contributed by atoms with Crippen LogP contribution >= 0.6 is 11.3 Å². The molecule has 0 saturated carbocycles. The molecule has 0 N–H and O–H groups in total. The maximum absolute atomic E-state index is 12.9. The molecule has 0 radical (unpaired) electrons. The zero-order chi connectivity index (χ0) is 19.4. The SMILES string of the molecule is CC(=O)c1ccc(OC(=O)c2sc(COc3ccc(F)cc3)nc2C)cc1. The molecule has 2 aromatic carbocycles. The van der Waals surface area contributed by atoms with Crippen molar-refractivity contribution < 1.29 is 23.5 Å². The zero-order valence-electron chi connectivity index (χ0n) is 14.7. The predicted molar refractivity (Wildman–Crippen MR) is 99.0 cm³/mol. The van der Waals surface area contributed by atoms with Crippen LogP contribution in [0.1, 0.15) is 37.7 Å². The van der Waals surface area contributed by atoms with Gasteiger partial charge in [0.25, 0.3) is 0 Å². The molecule has 0 amide bonds. The van der Waals surface area contributed by atoms with Crippen molar-refractivity contribution >= 4 is 23.1 Å². The van der Waals surface area contributed by atoms with Gasteiger partial charge in [0.15, 0.2) is 5.78 Å². The van der Waals surface area contributed by atoms with Crippen molar-refractivity contribution in [3.8, 4) is 11.5 Å². The molecule has 7 heteroatoms. The molecule has 0 aliphatic rings. The number of rotatable bonds is 6. The van der Waals surface area contributed by atoms with Gasteiger partial charge in [-0.3, -0.25) is 4.79 Å². The molecule has 0 spiro atoms. The van der Waals surface area contributed by atoms with Crippen molar-refractivity contribution in [2.45, 2.75) is 20.5 Å². The first kappa shape index (κ1) is 18.7. The van der Waals surface area contributed by atoms with Gasteiger partial charge >= 0.3 is 5.97 Å². The van der Waals surface area contributed by atoms with Gasteiger partial charge in [0.1, 0.15) is 33.8 Å². The lowest BCUT2D eigenvalue weighted by Gasteiger charge is -2.04. The van der Waals surface area contributed by atoms with E-state index < -0.39 is 5.97 Å². The Morgan fingerprint density at radius 2 is 1.67 bits per heavy atom. The highest BCUT2D eigenvalue weighted by Crippen LogP contribution is 2.23. The summed E-state index contributed by atoms with van der Waals surface area (Å²) in [5.74, 6) is -0.0553. The summed E-state index contributed by atoms with van der Waals surface area (Å²) in [7, 11) is 0. The molecule has 1 aromatic heterocycles. The van der Waals surface area contributed by atoms with Crippen LogP contribution in [0.2, 0.25) is 0 Å². The van der Waals surface area contributed by atoms with E-state index in [2.05, 4.69) is 4.98 Å². The number of thiazole rings is 1. The lowest BCUT2D eigenvalue weighted by Crippen LogP contribution is -2.08. The van der Waals surface area contributed by atoms with E-state index in [0.717, 1.165) is 0 Å². The third-order valence-corrected chi connectivity index (χ3v) is 4.78. The summed E-state index contributed by atoms with van der Waals surface area (Å²) in [4.78, 5) is 28.4. The number of aromatic nitrogens is 1. The molecule has 5 nitrogen and oxygen atoms in total. The summed E-state index contributed by atoms with van der Waals surface area (Å²) >= 11 is 1.18. The van der Waals surface area contributed by atoms with Gasteiger partial charge in [-0.2, -0.15) is 0 Å². The number of ketones is 1. The first-order valence-electron chi connectivity index (χ1n) is 8.10. The number of nitrogens with zero attached hydrogens (tertiary/aromatic N) is 1. The van der Waals surface area contributed by atoms with Crippen LogP contribution in [0.4, 0.5) is 4.39 Å². The maximum atomic E-state index is 12.9. The molecule has 1 heterocycles. The Labute approximate surface area is 159 Å². The molecule has 0 saturated heterocycles. The number of hydrogen-bond donors (Lipinski definition) is 0. The quantitative estimate of drug-likeness (QED) is 0.353. The van der Waals surface area contributed by atoms with Crippen LogP contribution in [0.5, 0.6) is 11.5 Å². The molecule has 0 unspecified atom stereocenters. The third-order valence-electron chi connectivity index (χ3n) is 3.67. The second-order valence-electron chi connectivity index (χ2n) is 5.73. The van der Waals surface area contributed by atoms with Crippen molar-refractivity contribution in [3.05, 3.63) is 75.5 Å². The van der Waals surface area contributed by atoms with Crippen molar-refractivity contribution in [1.82, 2.24) is 4.98 Å². The molecule has 3 aromatic rings. The summed E-state index contributed by atoms with van der Waals surface area (Å²) < 4.78 is 23.8. The summed E-state index contributed by atoms with van der Waals surface area (Å²) in [5.41, 5.74) is 1.09. The number of carbonyl (C=O) groups excluding carboxylic acids is 2. The molecule has 0 aliphatic carbocycles. The van der Waals surface area contributed by atoms with Crippen LogP contribution in [0.3, 0.4) is 0 Å². The average Bonchev–Trinajstić information content (AvgIpc) is 3.02. The molecular formula is C20H16FNO4S. The summed E-state index contributed by atoms with van der Waals surface area (Å²) in [5, 5.41) is 0.607. The van der Waals surface area contributed by atoms with Crippen LogP contribution in [-0.4, -0.2) is 16.7 Å². The van der Waals surface area contributed by atoms with Gasteiger partial charge in [-0.15, -0.1) is 11.3 Å². The molecular weight excluding hydrogens is 369 g/mol. The Bertz CT molecular complexity index is 965. The van der Waals surface area contributed by atoms with Crippen molar-refractivity contribution in [3.63, 3.8) is 0 Å². The monoisotopic (exact) mass is 385 g/mol. The molecule has 0 fully saturated rings. The smallest absolute Gasteiger partial charge is 0.355 e. The molecule has 0 aliphatic heterocycles. The highest BCUT2D eigenvalue weighted by Gasteiger charge is 2.18. The number of esters is 1. The standard InChI is InChI=1S/C20H16FNO4S/c1-12-19(20(24)26-17-7-3-14(4-8-17)13(2)23)27-18(22-12)11-25-16-9-5-15(21)6-10-16/h3-10H,11H2,1-2H3. The molecule has 138 valence electrons. The Hall–Kier alpha value is -3.06. The Balaban J connectivity index is 1.65. The first-order chi connectivity index (χ1) is 12.9. The van der Waals surface area contributed by atoms with Crippen molar-refractivity contribution in [2.24, 2.45) is 0 Å². The van der Waals surface area contributed by atoms with Gasteiger partial charge in [-0.05, 0) is 62.4 Å². The van der Waals surface area contributed by atoms with Crippen LogP contribution in [-0.2, 0) is 6.61 Å². The van der Waals surface area contributed by atoms with E-state index in [9.17, 15) is 14.0 Å². The number of benzene rings is 2. The number of ether oxygens (including phenoxy) is 2. The second kappa shape index (κ2) is 8.09. The van der Waals surface area contributed by atoms with E-state index in [0.29, 0.717) is 32.6 Å². The van der Waals surface area contributed by atoms with Crippen molar-refractivity contribution in [1.29, 1.82) is 0 Å². The molecule has 3 rings (SSSR count). The number of halogens is 1. The van der Waals surface area contributed by atoms with E-state index in [-0.39, 0.29) is 18.2 Å². The molecule has 27 heavy (non-hydrogen) atoms. The summed E-state index contributed by atoms with van der Waals surface area (Å²) in [6, 6.07) is 12.0. The number of Topliss-reactive ketones (excluding diaryl/α,β-unsaturated/α-hetero) is 1. The predicted octanol–water partition coefficient (Wildman–Crippen LogP) is 4.59. The summed E-state index contributed by atoms with van der Waals surface area (Å²) in [6.07, 6.45) is 0. The van der Waals surface area contributed by atoms with Crippen LogP contribution in [0, 0.1) is 12.7 Å². The lowest BCUT2D eigenvalue weighted by atomic mass is 10.1. The molecule has 0 atom stereocenters. The van der Waals surface area contributed by atoms with Crippen LogP contribution < -0.4 is 9.47 Å². The Morgan fingerprint density at radius 3 is 2.30 bits per heavy atom. The first-order valence-corrected chi connectivity index (χ1v) is 8.92. The Kier molecular flexibility index (Phi) is 5.61. The summed E-state index contributed by atoms with van der Waals surface area (Å²) in [6.45, 7) is 3.35. The van der Waals surface area contributed by atoms with Crippen LogP contribution in [0.15, 0.2) is 48.5 Å². The minimum Gasteiger partial charge on any atom is -0.486 e. The third kappa shape index (κ3) is 4.77. The fourth-order valence-corrected chi connectivity index (χ4v) is 3.14. The molecule has 0 bridgehead atoms. The fourth-order valence-electron chi connectivity index (χ4n) is 2.29.